The van der Waals surface area contributed by atoms with Crippen LogP contribution < -0.4 is 5.73 Å². The van der Waals surface area contributed by atoms with Gasteiger partial charge in [-0.05, 0) is 24.7 Å². The summed E-state index contributed by atoms with van der Waals surface area (Å²) in [6.45, 7) is 5.96. The maximum atomic E-state index is 11.1. The molecule has 0 amide bonds. The van der Waals surface area contributed by atoms with Crippen molar-refractivity contribution >= 4 is 5.97 Å². The van der Waals surface area contributed by atoms with E-state index < -0.39 is 11.5 Å². The van der Waals surface area contributed by atoms with Gasteiger partial charge < -0.3 is 10.8 Å². The van der Waals surface area contributed by atoms with Crippen molar-refractivity contribution < 1.29 is 9.90 Å². The summed E-state index contributed by atoms with van der Waals surface area (Å²) in [5, 5.41) is 9.15. The van der Waals surface area contributed by atoms with Gasteiger partial charge in [0.25, 0.3) is 0 Å². The average Bonchev–Trinajstić information content (AvgIpc) is 2.66. The Balaban J connectivity index is 2.03. The minimum absolute atomic E-state index is 0.518. The molecule has 0 aromatic carbocycles. The zero-order valence-corrected chi connectivity index (χ0v) is 10.9. The van der Waals surface area contributed by atoms with Crippen molar-refractivity contribution in [2.24, 2.45) is 17.6 Å². The fourth-order valence-electron chi connectivity index (χ4n) is 3.39. The topological polar surface area (TPSA) is 66.6 Å². The van der Waals surface area contributed by atoms with Gasteiger partial charge in [0, 0.05) is 19.1 Å². The van der Waals surface area contributed by atoms with Crippen molar-refractivity contribution in [3.05, 3.63) is 0 Å². The summed E-state index contributed by atoms with van der Waals surface area (Å²) in [5.74, 6) is 0.544. The van der Waals surface area contributed by atoms with Crippen molar-refractivity contribution in [3.63, 3.8) is 0 Å². The van der Waals surface area contributed by atoms with E-state index in [0.717, 1.165) is 12.5 Å². The van der Waals surface area contributed by atoms with Gasteiger partial charge in [0.05, 0.1) is 0 Å². The Hall–Kier alpha value is -0.610. The molecular weight excluding hydrogens is 216 g/mol. The molecule has 1 aliphatic carbocycles. The highest BCUT2D eigenvalue weighted by atomic mass is 16.4. The SMILES string of the molecule is CC1CCCC(N2CCC(N)(C(=O)O)C2)C1C. The van der Waals surface area contributed by atoms with Crippen molar-refractivity contribution in [1.82, 2.24) is 4.90 Å². The Kier molecular flexibility index (Phi) is 3.46. The number of hydrogen-bond donors (Lipinski definition) is 2. The molecule has 4 atom stereocenters. The van der Waals surface area contributed by atoms with E-state index in [-0.39, 0.29) is 0 Å². The maximum Gasteiger partial charge on any atom is 0.325 e. The summed E-state index contributed by atoms with van der Waals surface area (Å²) in [5.41, 5.74) is 4.92. The van der Waals surface area contributed by atoms with Crippen LogP contribution in [0, 0.1) is 11.8 Å². The average molecular weight is 240 g/mol. The number of carboxylic acid groups (broad SMARTS) is 1. The smallest absolute Gasteiger partial charge is 0.325 e. The molecule has 1 saturated heterocycles. The second-order valence-electron chi connectivity index (χ2n) is 6.02. The molecule has 0 aromatic rings. The molecule has 17 heavy (non-hydrogen) atoms. The zero-order chi connectivity index (χ0) is 12.6. The molecule has 1 saturated carbocycles. The normalized spacial score (nSPS) is 43.8. The molecule has 2 fully saturated rings. The number of aliphatic carboxylic acids is 1. The molecule has 0 aromatic heterocycles. The molecule has 4 nitrogen and oxygen atoms in total. The summed E-state index contributed by atoms with van der Waals surface area (Å²) in [6.07, 6.45) is 4.34. The minimum atomic E-state index is -1.01. The van der Waals surface area contributed by atoms with Crippen LogP contribution in [0.15, 0.2) is 0 Å². The number of nitrogens with two attached hydrogens (primary N) is 1. The second kappa shape index (κ2) is 4.58. The lowest BCUT2D eigenvalue weighted by molar-refractivity contribution is -0.142. The van der Waals surface area contributed by atoms with Crippen LogP contribution in [0.4, 0.5) is 0 Å². The van der Waals surface area contributed by atoms with E-state index in [2.05, 4.69) is 18.7 Å². The van der Waals surface area contributed by atoms with Crippen molar-refractivity contribution in [1.29, 1.82) is 0 Å². The summed E-state index contributed by atoms with van der Waals surface area (Å²) in [7, 11) is 0. The molecule has 0 spiro atoms. The minimum Gasteiger partial charge on any atom is -0.480 e. The lowest BCUT2D eigenvalue weighted by Gasteiger charge is -2.40. The van der Waals surface area contributed by atoms with Crippen LogP contribution in [-0.4, -0.2) is 40.6 Å². The molecule has 4 heteroatoms. The Morgan fingerprint density at radius 3 is 2.71 bits per heavy atom. The maximum absolute atomic E-state index is 11.1. The van der Waals surface area contributed by atoms with Crippen molar-refractivity contribution in [3.8, 4) is 0 Å². The number of carbonyl (C=O) groups is 1. The van der Waals surface area contributed by atoms with Gasteiger partial charge in [-0.1, -0.05) is 26.7 Å². The molecule has 3 N–H and O–H groups in total. The van der Waals surface area contributed by atoms with Crippen LogP contribution in [-0.2, 0) is 4.79 Å². The Labute approximate surface area is 103 Å². The highest BCUT2D eigenvalue weighted by Gasteiger charge is 2.45. The highest BCUT2D eigenvalue weighted by molar-refractivity contribution is 5.79. The Bertz CT molecular complexity index is 308. The van der Waals surface area contributed by atoms with E-state index in [4.69, 9.17) is 10.8 Å². The lowest BCUT2D eigenvalue weighted by Crippen LogP contribution is -2.52. The first-order chi connectivity index (χ1) is 7.94. The van der Waals surface area contributed by atoms with Crippen LogP contribution in [0.5, 0.6) is 0 Å². The first-order valence-corrected chi connectivity index (χ1v) is 6.70. The Morgan fingerprint density at radius 2 is 2.12 bits per heavy atom. The molecule has 0 radical (unpaired) electrons. The molecule has 98 valence electrons. The number of carboxylic acids is 1. The quantitative estimate of drug-likeness (QED) is 0.763. The van der Waals surface area contributed by atoms with Gasteiger partial charge in [-0.3, -0.25) is 9.69 Å². The highest BCUT2D eigenvalue weighted by Crippen LogP contribution is 2.35. The fraction of sp³-hybridized carbons (Fsp3) is 0.923. The van der Waals surface area contributed by atoms with Gasteiger partial charge in [0.2, 0.25) is 0 Å². The standard InChI is InChI=1S/C13H24N2O2/c1-9-4-3-5-11(10(9)2)15-7-6-13(14,8-15)12(16)17/h9-11H,3-8,14H2,1-2H3,(H,16,17). The first kappa shape index (κ1) is 12.8. The van der Waals surface area contributed by atoms with Gasteiger partial charge in [0.1, 0.15) is 5.54 Å². The Morgan fingerprint density at radius 1 is 1.41 bits per heavy atom. The van der Waals surface area contributed by atoms with Crippen molar-refractivity contribution in [2.45, 2.75) is 51.1 Å². The first-order valence-electron chi connectivity index (χ1n) is 6.70. The molecule has 2 rings (SSSR count). The number of likely N-dealkylation sites (tertiary alicyclic amines) is 1. The number of rotatable bonds is 2. The summed E-state index contributed by atoms with van der Waals surface area (Å²) in [4.78, 5) is 13.5. The molecule has 4 unspecified atom stereocenters. The van der Waals surface area contributed by atoms with Gasteiger partial charge in [0.15, 0.2) is 0 Å². The van der Waals surface area contributed by atoms with Gasteiger partial charge in [-0.15, -0.1) is 0 Å². The zero-order valence-electron chi connectivity index (χ0n) is 10.9. The van der Waals surface area contributed by atoms with Gasteiger partial charge in [-0.2, -0.15) is 0 Å². The van der Waals surface area contributed by atoms with Crippen LogP contribution >= 0.6 is 0 Å². The van der Waals surface area contributed by atoms with E-state index in [9.17, 15) is 4.79 Å². The largest absolute Gasteiger partial charge is 0.480 e. The molecule has 2 aliphatic rings. The van der Waals surface area contributed by atoms with E-state index >= 15 is 0 Å². The number of hydrogen-bond acceptors (Lipinski definition) is 3. The molecule has 1 aliphatic heterocycles. The van der Waals surface area contributed by atoms with Gasteiger partial charge >= 0.3 is 5.97 Å². The van der Waals surface area contributed by atoms with Crippen LogP contribution in [0.2, 0.25) is 0 Å². The van der Waals surface area contributed by atoms with Crippen LogP contribution in [0.1, 0.15) is 39.5 Å². The van der Waals surface area contributed by atoms with E-state index in [0.29, 0.717) is 24.9 Å². The third-order valence-corrected chi connectivity index (χ3v) is 4.89. The number of nitrogens with zero attached hydrogens (tertiary/aromatic N) is 1. The third-order valence-electron chi connectivity index (χ3n) is 4.89. The lowest BCUT2D eigenvalue weighted by atomic mass is 9.77. The summed E-state index contributed by atoms with van der Waals surface area (Å²) < 4.78 is 0. The predicted octanol–water partition coefficient (Wildman–Crippen LogP) is 1.30. The van der Waals surface area contributed by atoms with Crippen molar-refractivity contribution in [2.75, 3.05) is 13.1 Å². The fourth-order valence-corrected chi connectivity index (χ4v) is 3.39. The summed E-state index contributed by atoms with van der Waals surface area (Å²) in [6, 6.07) is 0.531. The monoisotopic (exact) mass is 240 g/mol. The van der Waals surface area contributed by atoms with Gasteiger partial charge in [-0.25, -0.2) is 0 Å². The second-order valence-corrected chi connectivity index (χ2v) is 6.02. The van der Waals surface area contributed by atoms with Crippen LogP contribution in [0.3, 0.4) is 0 Å². The predicted molar refractivity (Wildman–Crippen MR) is 66.7 cm³/mol. The van der Waals surface area contributed by atoms with E-state index in [1.54, 1.807) is 0 Å². The summed E-state index contributed by atoms with van der Waals surface area (Å²) >= 11 is 0. The third kappa shape index (κ3) is 2.33. The molecule has 0 bridgehead atoms. The molecular formula is C13H24N2O2. The van der Waals surface area contributed by atoms with E-state index in [1.165, 1.54) is 19.3 Å². The van der Waals surface area contributed by atoms with Crippen LogP contribution in [0.25, 0.3) is 0 Å². The van der Waals surface area contributed by atoms with E-state index in [1.807, 2.05) is 0 Å². The molecule has 1 heterocycles.